The van der Waals surface area contributed by atoms with Crippen LogP contribution in [0.5, 0.6) is 5.75 Å². The number of aldehydes is 1. The second-order valence-corrected chi connectivity index (χ2v) is 5.51. The van der Waals surface area contributed by atoms with Crippen LogP contribution in [0.25, 0.3) is 0 Å². The van der Waals surface area contributed by atoms with Crippen molar-refractivity contribution in [2.45, 2.75) is 19.3 Å². The summed E-state index contributed by atoms with van der Waals surface area (Å²) in [7, 11) is 0. The Hall–Kier alpha value is -1.61. The van der Waals surface area contributed by atoms with Crippen LogP contribution in [0, 0.1) is 0 Å². The van der Waals surface area contributed by atoms with Crippen LogP contribution in [0.3, 0.4) is 0 Å². The molecule has 0 aliphatic rings. The lowest BCUT2D eigenvalue weighted by Crippen LogP contribution is -2.00. The molecule has 0 amide bonds. The molecule has 0 aromatic heterocycles. The SMILES string of the molecule is O=Cc1cc(Br)ccc1OCCCCc1ccccc1. The van der Waals surface area contributed by atoms with E-state index < -0.39 is 0 Å². The lowest BCUT2D eigenvalue weighted by molar-refractivity contribution is 0.111. The molecule has 0 saturated heterocycles. The number of aryl methyl sites for hydroxylation is 1. The third kappa shape index (κ3) is 4.49. The Balaban J connectivity index is 1.75. The highest BCUT2D eigenvalue weighted by Crippen LogP contribution is 2.22. The van der Waals surface area contributed by atoms with Gasteiger partial charge in [0.15, 0.2) is 6.29 Å². The smallest absolute Gasteiger partial charge is 0.153 e. The van der Waals surface area contributed by atoms with E-state index in [2.05, 4.69) is 40.2 Å². The maximum Gasteiger partial charge on any atom is 0.153 e. The molecule has 0 aliphatic heterocycles. The molecule has 0 atom stereocenters. The number of rotatable bonds is 7. The Labute approximate surface area is 127 Å². The molecule has 2 aromatic rings. The lowest BCUT2D eigenvalue weighted by atomic mass is 10.1. The van der Waals surface area contributed by atoms with E-state index in [0.717, 1.165) is 30.0 Å². The summed E-state index contributed by atoms with van der Waals surface area (Å²) in [6.45, 7) is 0.634. The van der Waals surface area contributed by atoms with Crippen molar-refractivity contribution < 1.29 is 9.53 Å². The molecule has 0 N–H and O–H groups in total. The Morgan fingerprint density at radius 3 is 2.60 bits per heavy atom. The summed E-state index contributed by atoms with van der Waals surface area (Å²) in [6.07, 6.45) is 3.94. The summed E-state index contributed by atoms with van der Waals surface area (Å²) in [4.78, 5) is 11.0. The summed E-state index contributed by atoms with van der Waals surface area (Å²) in [5, 5.41) is 0. The minimum Gasteiger partial charge on any atom is -0.493 e. The van der Waals surface area contributed by atoms with Crippen molar-refractivity contribution in [3.63, 3.8) is 0 Å². The fourth-order valence-electron chi connectivity index (χ4n) is 2.00. The van der Waals surface area contributed by atoms with E-state index in [-0.39, 0.29) is 0 Å². The number of ether oxygens (including phenoxy) is 1. The number of carbonyl (C=O) groups excluding carboxylic acids is 1. The summed E-state index contributed by atoms with van der Waals surface area (Å²) >= 11 is 3.34. The third-order valence-electron chi connectivity index (χ3n) is 3.06. The van der Waals surface area contributed by atoms with Crippen LogP contribution in [0.2, 0.25) is 0 Å². The van der Waals surface area contributed by atoms with Gasteiger partial charge in [0.25, 0.3) is 0 Å². The monoisotopic (exact) mass is 332 g/mol. The first-order valence-electron chi connectivity index (χ1n) is 6.71. The van der Waals surface area contributed by atoms with Crippen molar-refractivity contribution in [1.82, 2.24) is 0 Å². The van der Waals surface area contributed by atoms with Gasteiger partial charge in [-0.25, -0.2) is 0 Å². The Kier molecular flexibility index (Phi) is 5.81. The van der Waals surface area contributed by atoms with Crippen LogP contribution >= 0.6 is 15.9 Å². The summed E-state index contributed by atoms with van der Waals surface area (Å²) in [5.41, 5.74) is 1.94. The molecule has 3 heteroatoms. The van der Waals surface area contributed by atoms with Gasteiger partial charge in [-0.15, -0.1) is 0 Å². The molecule has 0 heterocycles. The van der Waals surface area contributed by atoms with Crippen LogP contribution in [-0.2, 0) is 6.42 Å². The van der Waals surface area contributed by atoms with E-state index in [1.165, 1.54) is 5.56 Å². The third-order valence-corrected chi connectivity index (χ3v) is 3.55. The van der Waals surface area contributed by atoms with Gasteiger partial charge in [-0.3, -0.25) is 4.79 Å². The molecule has 0 bridgehead atoms. The first kappa shape index (κ1) is 14.8. The van der Waals surface area contributed by atoms with Gasteiger partial charge < -0.3 is 4.74 Å². The van der Waals surface area contributed by atoms with Gasteiger partial charge in [0.05, 0.1) is 12.2 Å². The van der Waals surface area contributed by atoms with Crippen molar-refractivity contribution in [3.05, 3.63) is 64.1 Å². The first-order valence-corrected chi connectivity index (χ1v) is 7.50. The first-order chi connectivity index (χ1) is 9.79. The molecule has 0 spiro atoms. The van der Waals surface area contributed by atoms with Crippen molar-refractivity contribution in [2.75, 3.05) is 6.61 Å². The van der Waals surface area contributed by atoms with Crippen molar-refractivity contribution in [3.8, 4) is 5.75 Å². The van der Waals surface area contributed by atoms with Gasteiger partial charge >= 0.3 is 0 Å². The summed E-state index contributed by atoms with van der Waals surface area (Å²) < 4.78 is 6.55. The molecule has 0 saturated carbocycles. The minimum absolute atomic E-state index is 0.586. The van der Waals surface area contributed by atoms with Crippen molar-refractivity contribution >= 4 is 22.2 Å². The Morgan fingerprint density at radius 1 is 1.05 bits per heavy atom. The predicted molar refractivity (Wildman–Crippen MR) is 84.4 cm³/mol. The van der Waals surface area contributed by atoms with Crippen molar-refractivity contribution in [1.29, 1.82) is 0 Å². The maximum absolute atomic E-state index is 11.0. The van der Waals surface area contributed by atoms with E-state index in [1.54, 1.807) is 6.07 Å². The number of carbonyl (C=O) groups is 1. The van der Waals surface area contributed by atoms with E-state index in [0.29, 0.717) is 17.9 Å². The number of hydrogen-bond acceptors (Lipinski definition) is 2. The highest BCUT2D eigenvalue weighted by atomic mass is 79.9. The van der Waals surface area contributed by atoms with Gasteiger partial charge in [0.1, 0.15) is 5.75 Å². The number of halogens is 1. The fraction of sp³-hybridized carbons (Fsp3) is 0.235. The topological polar surface area (TPSA) is 26.3 Å². The van der Waals surface area contributed by atoms with Crippen LogP contribution in [0.1, 0.15) is 28.8 Å². The molecule has 0 aliphatic carbocycles. The number of hydrogen-bond donors (Lipinski definition) is 0. The molecular weight excluding hydrogens is 316 g/mol. The molecule has 2 rings (SSSR count). The lowest BCUT2D eigenvalue weighted by Gasteiger charge is -2.08. The standard InChI is InChI=1S/C17H17BrO2/c18-16-9-10-17(15(12-16)13-19)20-11-5-4-8-14-6-2-1-3-7-14/h1-3,6-7,9-10,12-13H,4-5,8,11H2. The van der Waals surface area contributed by atoms with E-state index in [1.807, 2.05) is 18.2 Å². The van der Waals surface area contributed by atoms with Gasteiger partial charge in [-0.2, -0.15) is 0 Å². The van der Waals surface area contributed by atoms with E-state index >= 15 is 0 Å². The molecule has 2 aromatic carbocycles. The molecule has 0 fully saturated rings. The quantitative estimate of drug-likeness (QED) is 0.544. The van der Waals surface area contributed by atoms with Crippen LogP contribution in [-0.4, -0.2) is 12.9 Å². The van der Waals surface area contributed by atoms with E-state index in [9.17, 15) is 4.79 Å². The highest BCUT2D eigenvalue weighted by molar-refractivity contribution is 9.10. The van der Waals surface area contributed by atoms with Gasteiger partial charge in [0.2, 0.25) is 0 Å². The largest absolute Gasteiger partial charge is 0.493 e. The Morgan fingerprint density at radius 2 is 1.85 bits per heavy atom. The second-order valence-electron chi connectivity index (χ2n) is 4.59. The minimum atomic E-state index is 0.586. The molecule has 2 nitrogen and oxygen atoms in total. The van der Waals surface area contributed by atoms with Gasteiger partial charge in [-0.1, -0.05) is 46.3 Å². The predicted octanol–water partition coefficient (Wildman–Crippen LogP) is 4.66. The number of benzene rings is 2. The number of unbranched alkanes of at least 4 members (excludes halogenated alkanes) is 1. The van der Waals surface area contributed by atoms with Crippen LogP contribution in [0.15, 0.2) is 53.0 Å². The molecule has 0 unspecified atom stereocenters. The zero-order valence-corrected chi connectivity index (χ0v) is 12.8. The fourth-order valence-corrected chi connectivity index (χ4v) is 2.38. The normalized spacial score (nSPS) is 10.2. The maximum atomic E-state index is 11.0. The van der Waals surface area contributed by atoms with Gasteiger partial charge in [-0.05, 0) is 43.0 Å². The van der Waals surface area contributed by atoms with Crippen LogP contribution < -0.4 is 4.74 Å². The van der Waals surface area contributed by atoms with Gasteiger partial charge in [0, 0.05) is 4.47 Å². The van der Waals surface area contributed by atoms with Crippen LogP contribution in [0.4, 0.5) is 0 Å². The average molecular weight is 333 g/mol. The summed E-state index contributed by atoms with van der Waals surface area (Å²) in [6, 6.07) is 15.9. The molecular formula is C17H17BrO2. The molecule has 0 radical (unpaired) electrons. The average Bonchev–Trinajstić information content (AvgIpc) is 2.49. The molecule has 104 valence electrons. The second kappa shape index (κ2) is 7.85. The van der Waals surface area contributed by atoms with Crippen molar-refractivity contribution in [2.24, 2.45) is 0 Å². The summed E-state index contributed by atoms with van der Waals surface area (Å²) in [5.74, 6) is 0.655. The highest BCUT2D eigenvalue weighted by Gasteiger charge is 2.03. The zero-order chi connectivity index (χ0) is 14.2. The Bertz CT molecular complexity index is 552. The van der Waals surface area contributed by atoms with E-state index in [4.69, 9.17) is 4.74 Å². The molecule has 20 heavy (non-hydrogen) atoms. The zero-order valence-electron chi connectivity index (χ0n) is 11.2.